The minimum atomic E-state index is -2.17. The van der Waals surface area contributed by atoms with Gasteiger partial charge in [-0.3, -0.25) is 0 Å². The Hall–Kier alpha value is 0.345. The van der Waals surface area contributed by atoms with Crippen molar-refractivity contribution in [1.82, 2.24) is 0 Å². The molecule has 0 spiro atoms. The van der Waals surface area contributed by atoms with Gasteiger partial charge in [-0.2, -0.15) is 0 Å². The summed E-state index contributed by atoms with van der Waals surface area (Å²) in [5.74, 6) is 0. The Morgan fingerprint density at radius 1 is 1.14 bits per heavy atom. The summed E-state index contributed by atoms with van der Waals surface area (Å²) in [6, 6.07) is 0. The number of hydrogen-bond donors (Lipinski definition) is 4. The number of halogens is 1. The fraction of sp³-hybridized carbons (Fsp3) is 1.00. The molecule has 0 saturated carbocycles. The topological polar surface area (TPSA) is 90.2 Å². The van der Waals surface area contributed by atoms with E-state index in [1.165, 1.54) is 0 Å². The average molecular weight is 273 g/mol. The zero-order valence-corrected chi connectivity index (χ0v) is 10.4. The van der Waals surface area contributed by atoms with Crippen molar-refractivity contribution >= 4 is 23.3 Å². The summed E-state index contributed by atoms with van der Waals surface area (Å²) in [4.78, 5) is 0. The SMILES string of the molecule is CC(C)(O)C(C)(C)OCBr.OB(O)O. The van der Waals surface area contributed by atoms with Crippen molar-refractivity contribution in [3.63, 3.8) is 0 Å². The first kappa shape index (κ1) is 16.8. The second-order valence-electron chi connectivity index (χ2n) is 3.67. The number of rotatable bonds is 3. The summed E-state index contributed by atoms with van der Waals surface area (Å²) in [5, 5.41) is 31.0. The normalized spacial score (nSPS) is 11.8. The molecule has 14 heavy (non-hydrogen) atoms. The van der Waals surface area contributed by atoms with Crippen molar-refractivity contribution in [2.75, 3.05) is 5.52 Å². The molecule has 0 unspecified atom stereocenters. The Morgan fingerprint density at radius 3 is 1.50 bits per heavy atom. The molecule has 4 N–H and O–H groups in total. The van der Waals surface area contributed by atoms with E-state index in [1.54, 1.807) is 13.8 Å². The first-order valence-corrected chi connectivity index (χ1v) is 5.13. The summed E-state index contributed by atoms with van der Waals surface area (Å²) >= 11 is 3.14. The fourth-order valence-electron chi connectivity index (χ4n) is 0.313. The third kappa shape index (κ3) is 8.92. The van der Waals surface area contributed by atoms with Crippen LogP contribution in [-0.4, -0.2) is 44.2 Å². The Labute approximate surface area is 93.0 Å². The van der Waals surface area contributed by atoms with Crippen LogP contribution in [0.3, 0.4) is 0 Å². The number of aliphatic hydroxyl groups is 1. The van der Waals surface area contributed by atoms with E-state index in [9.17, 15) is 5.11 Å². The molecule has 0 aliphatic carbocycles. The molecule has 5 nitrogen and oxygen atoms in total. The molecule has 0 saturated heterocycles. The summed E-state index contributed by atoms with van der Waals surface area (Å²) in [6.07, 6.45) is 0. The van der Waals surface area contributed by atoms with Gasteiger partial charge < -0.3 is 24.9 Å². The van der Waals surface area contributed by atoms with Crippen molar-refractivity contribution in [2.45, 2.75) is 38.9 Å². The molecule has 7 heteroatoms. The molecule has 0 bridgehead atoms. The van der Waals surface area contributed by atoms with Crippen molar-refractivity contribution < 1.29 is 24.9 Å². The van der Waals surface area contributed by atoms with Gasteiger partial charge in [-0.05, 0) is 27.7 Å². The molecule has 0 rings (SSSR count). The van der Waals surface area contributed by atoms with Crippen molar-refractivity contribution in [2.24, 2.45) is 0 Å². The highest BCUT2D eigenvalue weighted by molar-refractivity contribution is 9.09. The molecule has 0 radical (unpaired) electrons. The Kier molecular flexibility index (Phi) is 8.09. The highest BCUT2D eigenvalue weighted by Crippen LogP contribution is 2.25. The zero-order valence-electron chi connectivity index (χ0n) is 8.86. The second-order valence-corrected chi connectivity index (χ2v) is 4.13. The lowest BCUT2D eigenvalue weighted by Gasteiger charge is -2.36. The molecule has 0 fully saturated rings. The maximum absolute atomic E-state index is 9.53. The summed E-state index contributed by atoms with van der Waals surface area (Å²) < 4.78 is 5.26. The van der Waals surface area contributed by atoms with E-state index >= 15 is 0 Å². The zero-order chi connectivity index (χ0) is 12.0. The van der Waals surface area contributed by atoms with E-state index < -0.39 is 18.5 Å². The van der Waals surface area contributed by atoms with E-state index in [1.807, 2.05) is 13.8 Å². The highest BCUT2D eigenvalue weighted by Gasteiger charge is 2.35. The number of ether oxygens (including phenoxy) is 1. The van der Waals surface area contributed by atoms with Crippen LogP contribution in [0.25, 0.3) is 0 Å². The molecular formula is C7H18BBrO5. The fourth-order valence-corrected chi connectivity index (χ4v) is 0.885. The molecule has 0 heterocycles. The van der Waals surface area contributed by atoms with Crippen LogP contribution in [0.4, 0.5) is 0 Å². The van der Waals surface area contributed by atoms with Gasteiger partial charge in [-0.25, -0.2) is 0 Å². The molecule has 86 valence electrons. The highest BCUT2D eigenvalue weighted by atomic mass is 79.9. The van der Waals surface area contributed by atoms with Crippen molar-refractivity contribution in [1.29, 1.82) is 0 Å². The van der Waals surface area contributed by atoms with Gasteiger partial charge in [0.25, 0.3) is 0 Å². The van der Waals surface area contributed by atoms with Gasteiger partial charge in [-0.15, -0.1) is 0 Å². The second kappa shape index (κ2) is 6.76. The van der Waals surface area contributed by atoms with Crippen molar-refractivity contribution in [3.05, 3.63) is 0 Å². The monoisotopic (exact) mass is 272 g/mol. The third-order valence-corrected chi connectivity index (χ3v) is 2.12. The van der Waals surface area contributed by atoms with Crippen LogP contribution in [0.1, 0.15) is 27.7 Å². The van der Waals surface area contributed by atoms with Gasteiger partial charge in [0.15, 0.2) is 0 Å². The van der Waals surface area contributed by atoms with E-state index in [0.29, 0.717) is 5.52 Å². The molecule has 0 aromatic heterocycles. The summed E-state index contributed by atoms with van der Waals surface area (Å²) in [5.41, 5.74) is -0.860. The van der Waals surface area contributed by atoms with Crippen LogP contribution in [0.5, 0.6) is 0 Å². The van der Waals surface area contributed by atoms with Crippen LogP contribution in [-0.2, 0) is 4.74 Å². The van der Waals surface area contributed by atoms with Crippen LogP contribution in [0.15, 0.2) is 0 Å². The first-order chi connectivity index (χ1) is 6.04. The molecule has 0 aromatic carbocycles. The third-order valence-electron chi connectivity index (χ3n) is 1.89. The van der Waals surface area contributed by atoms with Gasteiger partial charge in [0, 0.05) is 0 Å². The van der Waals surface area contributed by atoms with Gasteiger partial charge in [0.2, 0.25) is 0 Å². The van der Waals surface area contributed by atoms with Crippen LogP contribution in [0.2, 0.25) is 0 Å². The minimum Gasteiger partial charge on any atom is -0.402 e. The maximum Gasteiger partial charge on any atom is 0.631 e. The lowest BCUT2D eigenvalue weighted by molar-refractivity contribution is -0.133. The molecule has 0 aromatic rings. The van der Waals surface area contributed by atoms with Crippen molar-refractivity contribution in [3.8, 4) is 0 Å². The Bertz CT molecular complexity index is 143. The van der Waals surface area contributed by atoms with E-state index in [-0.39, 0.29) is 0 Å². The standard InChI is InChI=1S/C7H15BrO2.BH3O3/c1-6(2,9)7(3,4)10-5-8;2-1(3)4/h9H,5H2,1-4H3;2-4H. The van der Waals surface area contributed by atoms with E-state index in [2.05, 4.69) is 15.9 Å². The molecule has 0 aliphatic heterocycles. The summed E-state index contributed by atoms with van der Waals surface area (Å²) in [6.45, 7) is 7.17. The van der Waals surface area contributed by atoms with Gasteiger partial charge >= 0.3 is 7.32 Å². The number of hydrogen-bond acceptors (Lipinski definition) is 5. The van der Waals surface area contributed by atoms with Crippen LogP contribution < -0.4 is 0 Å². The largest absolute Gasteiger partial charge is 0.631 e. The predicted molar refractivity (Wildman–Crippen MR) is 57.7 cm³/mol. The lowest BCUT2D eigenvalue weighted by Crippen LogP contribution is -2.47. The Balaban J connectivity index is 0. The van der Waals surface area contributed by atoms with Gasteiger partial charge in [0.1, 0.15) is 5.52 Å². The first-order valence-electron chi connectivity index (χ1n) is 4.01. The average Bonchev–Trinajstić information content (AvgIpc) is 1.82. The van der Waals surface area contributed by atoms with Crippen LogP contribution in [0, 0.1) is 0 Å². The predicted octanol–water partition coefficient (Wildman–Crippen LogP) is -0.147. The maximum atomic E-state index is 9.53. The number of alkyl halides is 1. The molecular weight excluding hydrogens is 255 g/mol. The molecule has 0 amide bonds. The van der Waals surface area contributed by atoms with Gasteiger partial charge in [0.05, 0.1) is 11.2 Å². The Morgan fingerprint density at radius 2 is 1.43 bits per heavy atom. The molecule has 0 aliphatic rings. The van der Waals surface area contributed by atoms with Crippen LogP contribution >= 0.6 is 15.9 Å². The van der Waals surface area contributed by atoms with Gasteiger partial charge in [-0.1, -0.05) is 15.9 Å². The minimum absolute atomic E-state index is 0.448. The summed E-state index contributed by atoms with van der Waals surface area (Å²) in [7, 11) is -2.17. The lowest BCUT2D eigenvalue weighted by atomic mass is 9.90. The smallest absolute Gasteiger partial charge is 0.402 e. The van der Waals surface area contributed by atoms with E-state index in [0.717, 1.165) is 0 Å². The molecule has 0 atom stereocenters. The van der Waals surface area contributed by atoms with E-state index in [4.69, 9.17) is 19.8 Å². The quantitative estimate of drug-likeness (QED) is 0.424.